The molecule has 0 N–H and O–H groups in total. The summed E-state index contributed by atoms with van der Waals surface area (Å²) in [6.45, 7) is 0. The van der Waals surface area contributed by atoms with Crippen LogP contribution < -0.4 is 0 Å². The van der Waals surface area contributed by atoms with E-state index >= 15 is 0 Å². The number of benzene rings is 2. The number of ketones is 1. The molecule has 0 saturated carbocycles. The van der Waals surface area contributed by atoms with E-state index in [4.69, 9.17) is 0 Å². The van der Waals surface area contributed by atoms with Crippen LogP contribution in [0.15, 0.2) is 60.7 Å². The first kappa shape index (κ1) is 13.9. The minimum absolute atomic E-state index is 0.396. The highest BCUT2D eigenvalue weighted by Gasteiger charge is 2.28. The predicted octanol–water partition coefficient (Wildman–Crippen LogP) is 2.52. The molecule has 2 aromatic rings. The summed E-state index contributed by atoms with van der Waals surface area (Å²) in [7, 11) is 0. The van der Waals surface area contributed by atoms with E-state index in [1.54, 1.807) is 48.5 Å². The second kappa shape index (κ2) is 6.57. The number of rotatable bonds is 6. The Morgan fingerprint density at radius 2 is 1.05 bits per heavy atom. The van der Waals surface area contributed by atoms with Gasteiger partial charge in [0.1, 0.15) is 12.6 Å². The molecule has 0 fully saturated rings. The molecule has 2 atom stereocenters. The van der Waals surface area contributed by atoms with Crippen molar-refractivity contribution in [2.75, 3.05) is 0 Å². The van der Waals surface area contributed by atoms with Crippen LogP contribution in [0.25, 0.3) is 0 Å². The largest absolute Gasteiger partial charge is 0.302 e. The summed E-state index contributed by atoms with van der Waals surface area (Å²) in [5, 5.41) is 0. The first-order chi connectivity index (χ1) is 9.77. The maximum absolute atomic E-state index is 12.4. The Bertz CT molecular complexity index is 537. The minimum atomic E-state index is -0.911. The van der Waals surface area contributed by atoms with Crippen LogP contribution in [-0.2, 0) is 14.4 Å². The molecule has 0 aliphatic rings. The summed E-state index contributed by atoms with van der Waals surface area (Å²) in [6.07, 6.45) is 1.19. The number of Topliss-reactive ketones (excluding diaryl/α,β-unsaturated/α-hetero) is 1. The highest BCUT2D eigenvalue weighted by atomic mass is 16.2. The monoisotopic (exact) mass is 266 g/mol. The predicted molar refractivity (Wildman–Crippen MR) is 75.5 cm³/mol. The van der Waals surface area contributed by atoms with Gasteiger partial charge >= 0.3 is 0 Å². The second-order valence-electron chi connectivity index (χ2n) is 4.45. The summed E-state index contributed by atoms with van der Waals surface area (Å²) in [5.74, 6) is -2.22. The minimum Gasteiger partial charge on any atom is -0.302 e. The van der Waals surface area contributed by atoms with Gasteiger partial charge in [-0.15, -0.1) is 0 Å². The zero-order valence-electron chi connectivity index (χ0n) is 10.8. The van der Waals surface area contributed by atoms with E-state index in [-0.39, 0.29) is 0 Å². The van der Waals surface area contributed by atoms with Crippen LogP contribution in [-0.4, -0.2) is 18.4 Å². The van der Waals surface area contributed by atoms with Gasteiger partial charge in [0.15, 0.2) is 5.78 Å². The molecule has 2 aromatic carbocycles. The van der Waals surface area contributed by atoms with Crippen molar-refractivity contribution in [2.24, 2.45) is 0 Å². The third-order valence-corrected chi connectivity index (χ3v) is 3.20. The van der Waals surface area contributed by atoms with Crippen LogP contribution in [0.4, 0.5) is 0 Å². The summed E-state index contributed by atoms with van der Waals surface area (Å²) >= 11 is 0. The number of carbonyl (C=O) groups is 3. The first-order valence-corrected chi connectivity index (χ1v) is 6.32. The normalized spacial score (nSPS) is 13.2. The number of hydrogen-bond donors (Lipinski definition) is 0. The lowest BCUT2D eigenvalue weighted by molar-refractivity contribution is -0.127. The summed E-state index contributed by atoms with van der Waals surface area (Å²) in [6, 6.07) is 17.5. The standard InChI is InChI=1S/C17H14O3/c18-11-15(13-7-3-1-4-8-13)17(20)16(12-19)14-9-5-2-6-10-14/h1-12,15-16H. The highest BCUT2D eigenvalue weighted by molar-refractivity contribution is 6.09. The summed E-state index contributed by atoms with van der Waals surface area (Å²) in [4.78, 5) is 35.0. The zero-order valence-corrected chi connectivity index (χ0v) is 10.8. The SMILES string of the molecule is O=CC(C(=O)C(C=O)c1ccccc1)c1ccccc1. The second-order valence-corrected chi connectivity index (χ2v) is 4.45. The van der Waals surface area contributed by atoms with Crippen LogP contribution in [0, 0.1) is 0 Å². The van der Waals surface area contributed by atoms with E-state index in [2.05, 4.69) is 0 Å². The molecule has 0 heterocycles. The lowest BCUT2D eigenvalue weighted by Gasteiger charge is -2.15. The molecule has 0 spiro atoms. The van der Waals surface area contributed by atoms with Gasteiger partial charge in [0.05, 0.1) is 11.8 Å². The summed E-state index contributed by atoms with van der Waals surface area (Å²) in [5.41, 5.74) is 1.21. The molecule has 20 heavy (non-hydrogen) atoms. The van der Waals surface area contributed by atoms with Crippen molar-refractivity contribution < 1.29 is 14.4 Å². The van der Waals surface area contributed by atoms with E-state index in [0.29, 0.717) is 23.7 Å². The number of hydrogen-bond acceptors (Lipinski definition) is 3. The van der Waals surface area contributed by atoms with E-state index in [1.807, 2.05) is 12.1 Å². The van der Waals surface area contributed by atoms with E-state index in [9.17, 15) is 14.4 Å². The molecule has 0 aliphatic heterocycles. The van der Waals surface area contributed by atoms with Gasteiger partial charge in [0.2, 0.25) is 0 Å². The van der Waals surface area contributed by atoms with Crippen molar-refractivity contribution in [3.05, 3.63) is 71.8 Å². The lowest BCUT2D eigenvalue weighted by atomic mass is 9.85. The Hall–Kier alpha value is -2.55. The molecule has 100 valence electrons. The lowest BCUT2D eigenvalue weighted by Crippen LogP contribution is -2.22. The fourth-order valence-electron chi connectivity index (χ4n) is 2.13. The van der Waals surface area contributed by atoms with Crippen molar-refractivity contribution in [1.29, 1.82) is 0 Å². The summed E-state index contributed by atoms with van der Waals surface area (Å²) < 4.78 is 0. The maximum Gasteiger partial charge on any atom is 0.161 e. The van der Waals surface area contributed by atoms with Gasteiger partial charge in [-0.3, -0.25) is 4.79 Å². The molecule has 3 heteroatoms. The fourth-order valence-corrected chi connectivity index (χ4v) is 2.13. The molecule has 0 saturated heterocycles. The van der Waals surface area contributed by atoms with Gasteiger partial charge in [-0.25, -0.2) is 0 Å². The molecule has 2 rings (SSSR count). The first-order valence-electron chi connectivity index (χ1n) is 6.32. The van der Waals surface area contributed by atoms with Crippen molar-refractivity contribution in [3.63, 3.8) is 0 Å². The molecule has 3 nitrogen and oxygen atoms in total. The Morgan fingerprint density at radius 1 is 0.700 bits per heavy atom. The third-order valence-electron chi connectivity index (χ3n) is 3.20. The van der Waals surface area contributed by atoms with Crippen LogP contribution in [0.5, 0.6) is 0 Å². The average molecular weight is 266 g/mol. The van der Waals surface area contributed by atoms with Gasteiger partial charge < -0.3 is 9.59 Å². The molecular formula is C17H14O3. The van der Waals surface area contributed by atoms with Gasteiger partial charge in [-0.1, -0.05) is 60.7 Å². The van der Waals surface area contributed by atoms with Crippen LogP contribution in [0.1, 0.15) is 23.0 Å². The molecule has 0 amide bonds. The third kappa shape index (κ3) is 2.88. The van der Waals surface area contributed by atoms with Crippen LogP contribution in [0.3, 0.4) is 0 Å². The molecule has 0 bridgehead atoms. The van der Waals surface area contributed by atoms with Gasteiger partial charge in [0, 0.05) is 0 Å². The quantitative estimate of drug-likeness (QED) is 0.596. The molecule has 2 unspecified atom stereocenters. The highest BCUT2D eigenvalue weighted by Crippen LogP contribution is 2.24. The smallest absolute Gasteiger partial charge is 0.161 e. The van der Waals surface area contributed by atoms with E-state index < -0.39 is 17.6 Å². The van der Waals surface area contributed by atoms with Crippen molar-refractivity contribution in [2.45, 2.75) is 11.8 Å². The maximum atomic E-state index is 12.4. The average Bonchev–Trinajstić information content (AvgIpc) is 2.51. The van der Waals surface area contributed by atoms with Gasteiger partial charge in [0.25, 0.3) is 0 Å². The molecule has 0 aliphatic carbocycles. The van der Waals surface area contributed by atoms with E-state index in [1.165, 1.54) is 0 Å². The number of carbonyl (C=O) groups excluding carboxylic acids is 3. The molecule has 0 radical (unpaired) electrons. The fraction of sp³-hybridized carbons (Fsp3) is 0.118. The van der Waals surface area contributed by atoms with Crippen molar-refractivity contribution >= 4 is 18.4 Å². The Labute approximate surface area is 117 Å². The molecular weight excluding hydrogens is 252 g/mol. The molecule has 0 aromatic heterocycles. The van der Waals surface area contributed by atoms with Crippen molar-refractivity contribution in [1.82, 2.24) is 0 Å². The Balaban J connectivity index is 2.32. The zero-order chi connectivity index (χ0) is 14.4. The van der Waals surface area contributed by atoms with Crippen LogP contribution >= 0.6 is 0 Å². The topological polar surface area (TPSA) is 51.2 Å². The van der Waals surface area contributed by atoms with Crippen molar-refractivity contribution in [3.8, 4) is 0 Å². The van der Waals surface area contributed by atoms with Crippen LogP contribution in [0.2, 0.25) is 0 Å². The van der Waals surface area contributed by atoms with Gasteiger partial charge in [-0.05, 0) is 11.1 Å². The number of aldehydes is 2. The van der Waals surface area contributed by atoms with E-state index in [0.717, 1.165) is 0 Å². The van der Waals surface area contributed by atoms with Gasteiger partial charge in [-0.2, -0.15) is 0 Å². The Kier molecular flexibility index (Phi) is 4.56. The Morgan fingerprint density at radius 3 is 1.35 bits per heavy atom.